The van der Waals surface area contributed by atoms with Gasteiger partial charge in [-0.25, -0.2) is 9.97 Å². The van der Waals surface area contributed by atoms with Crippen LogP contribution >= 0.6 is 15.9 Å². The van der Waals surface area contributed by atoms with Gasteiger partial charge in [-0.1, -0.05) is 12.1 Å². The van der Waals surface area contributed by atoms with E-state index < -0.39 is 0 Å². The molecule has 1 aromatic heterocycles. The zero-order valence-corrected chi connectivity index (χ0v) is 14.2. The van der Waals surface area contributed by atoms with Crippen LogP contribution in [0, 0.1) is 13.8 Å². The van der Waals surface area contributed by atoms with Crippen LogP contribution in [0.15, 0.2) is 41.1 Å². The Balaban J connectivity index is 2.11. The zero-order chi connectivity index (χ0) is 15.7. The number of hydrogen-bond acceptors (Lipinski definition) is 4. The van der Waals surface area contributed by atoms with E-state index in [9.17, 15) is 0 Å². The van der Waals surface area contributed by atoms with Gasteiger partial charge in [-0.05, 0) is 53.0 Å². The number of ether oxygens (including phenoxy) is 1. The molecule has 0 amide bonds. The number of nitrogens with one attached hydrogen (secondary N) is 1. The first-order valence-corrected chi connectivity index (χ1v) is 7.71. The third-order valence-electron chi connectivity index (χ3n) is 3.77. The summed E-state index contributed by atoms with van der Waals surface area (Å²) in [6.07, 6.45) is 1.56. The molecule has 22 heavy (non-hydrogen) atoms. The maximum absolute atomic E-state index is 5.32. The van der Waals surface area contributed by atoms with Gasteiger partial charge in [0.05, 0.1) is 17.1 Å². The summed E-state index contributed by atoms with van der Waals surface area (Å²) >= 11 is 3.51. The number of aryl methyl sites for hydroxylation is 1. The Morgan fingerprint density at radius 2 is 1.95 bits per heavy atom. The van der Waals surface area contributed by atoms with Gasteiger partial charge in [-0.2, -0.15) is 0 Å². The molecular formula is C17H16BrN3O. The molecule has 0 bridgehead atoms. The van der Waals surface area contributed by atoms with Crippen molar-refractivity contribution in [3.05, 3.63) is 52.3 Å². The lowest BCUT2D eigenvalue weighted by atomic mass is 10.1. The summed E-state index contributed by atoms with van der Waals surface area (Å²) in [5.74, 6) is 1.53. The number of halogens is 1. The van der Waals surface area contributed by atoms with Crippen LogP contribution in [0.5, 0.6) is 5.75 Å². The molecule has 112 valence electrons. The highest BCUT2D eigenvalue weighted by Gasteiger charge is 2.10. The predicted molar refractivity (Wildman–Crippen MR) is 93.0 cm³/mol. The molecule has 0 saturated heterocycles. The van der Waals surface area contributed by atoms with Crippen molar-refractivity contribution < 1.29 is 4.74 Å². The number of methoxy groups -OCH3 is 1. The van der Waals surface area contributed by atoms with Gasteiger partial charge in [0.2, 0.25) is 0 Å². The summed E-state index contributed by atoms with van der Waals surface area (Å²) in [5, 5.41) is 4.35. The molecule has 0 saturated carbocycles. The highest BCUT2D eigenvalue weighted by Crippen LogP contribution is 2.33. The van der Waals surface area contributed by atoms with Crippen LogP contribution in [0.4, 0.5) is 11.5 Å². The average Bonchev–Trinajstić information content (AvgIpc) is 2.52. The molecule has 1 heterocycles. The van der Waals surface area contributed by atoms with E-state index in [2.05, 4.69) is 57.2 Å². The van der Waals surface area contributed by atoms with E-state index in [0.717, 1.165) is 32.6 Å². The van der Waals surface area contributed by atoms with Crippen LogP contribution in [-0.4, -0.2) is 17.1 Å². The Morgan fingerprint density at radius 1 is 1.14 bits per heavy atom. The molecule has 0 spiro atoms. The van der Waals surface area contributed by atoms with Crippen molar-refractivity contribution >= 4 is 38.3 Å². The second kappa shape index (κ2) is 5.93. The van der Waals surface area contributed by atoms with E-state index in [1.165, 1.54) is 11.1 Å². The summed E-state index contributed by atoms with van der Waals surface area (Å²) in [6, 6.07) is 10.1. The molecule has 1 N–H and O–H groups in total. The van der Waals surface area contributed by atoms with E-state index in [1.807, 2.05) is 18.2 Å². The van der Waals surface area contributed by atoms with Crippen LogP contribution < -0.4 is 10.1 Å². The first kappa shape index (κ1) is 14.8. The van der Waals surface area contributed by atoms with Crippen LogP contribution in [0.2, 0.25) is 0 Å². The molecule has 3 rings (SSSR count). The summed E-state index contributed by atoms with van der Waals surface area (Å²) in [6.45, 7) is 4.19. The molecule has 0 radical (unpaired) electrons. The van der Waals surface area contributed by atoms with Gasteiger partial charge >= 0.3 is 0 Å². The zero-order valence-electron chi connectivity index (χ0n) is 12.6. The standard InChI is InChI=1S/C17H16BrN3O/c1-10-5-4-6-14(11(10)2)21-17-12-7-13(18)16(22-3)8-15(12)19-9-20-17/h4-9H,1-3H3,(H,19,20,21). The van der Waals surface area contributed by atoms with Crippen molar-refractivity contribution in [2.24, 2.45) is 0 Å². The molecule has 2 aromatic carbocycles. The number of nitrogens with zero attached hydrogens (tertiary/aromatic N) is 2. The van der Waals surface area contributed by atoms with Crippen LogP contribution in [0.1, 0.15) is 11.1 Å². The minimum atomic E-state index is 0.754. The quantitative estimate of drug-likeness (QED) is 0.733. The maximum atomic E-state index is 5.32. The van der Waals surface area contributed by atoms with Gasteiger partial charge in [0.25, 0.3) is 0 Å². The fourth-order valence-electron chi connectivity index (χ4n) is 2.33. The molecule has 4 nitrogen and oxygen atoms in total. The van der Waals surface area contributed by atoms with Crippen molar-refractivity contribution in [3.8, 4) is 5.75 Å². The topological polar surface area (TPSA) is 47.0 Å². The first-order chi connectivity index (χ1) is 10.6. The van der Waals surface area contributed by atoms with Crippen LogP contribution in [0.3, 0.4) is 0 Å². The minimum Gasteiger partial charge on any atom is -0.495 e. The van der Waals surface area contributed by atoms with Crippen LogP contribution in [-0.2, 0) is 0 Å². The van der Waals surface area contributed by atoms with Crippen LogP contribution in [0.25, 0.3) is 10.9 Å². The lowest BCUT2D eigenvalue weighted by Gasteiger charge is -2.13. The van der Waals surface area contributed by atoms with E-state index in [0.29, 0.717) is 0 Å². The molecule has 0 fully saturated rings. The average molecular weight is 358 g/mol. The van der Waals surface area contributed by atoms with Crippen molar-refractivity contribution in [1.29, 1.82) is 0 Å². The third kappa shape index (κ3) is 2.64. The highest BCUT2D eigenvalue weighted by molar-refractivity contribution is 9.10. The molecular weight excluding hydrogens is 342 g/mol. The van der Waals surface area contributed by atoms with Gasteiger partial charge < -0.3 is 10.1 Å². The number of hydrogen-bond donors (Lipinski definition) is 1. The van der Waals surface area contributed by atoms with E-state index in [1.54, 1.807) is 13.4 Å². The lowest BCUT2D eigenvalue weighted by molar-refractivity contribution is 0.412. The van der Waals surface area contributed by atoms with E-state index >= 15 is 0 Å². The first-order valence-electron chi connectivity index (χ1n) is 6.91. The Kier molecular flexibility index (Phi) is 3.98. The molecule has 0 aliphatic rings. The highest BCUT2D eigenvalue weighted by atomic mass is 79.9. The fraction of sp³-hybridized carbons (Fsp3) is 0.176. The monoisotopic (exact) mass is 357 g/mol. The van der Waals surface area contributed by atoms with Crippen molar-refractivity contribution in [3.63, 3.8) is 0 Å². The largest absolute Gasteiger partial charge is 0.495 e. The Labute approximate surface area is 137 Å². The summed E-state index contributed by atoms with van der Waals surface area (Å²) in [7, 11) is 1.64. The Morgan fingerprint density at radius 3 is 2.73 bits per heavy atom. The maximum Gasteiger partial charge on any atom is 0.141 e. The molecule has 0 aliphatic heterocycles. The number of aromatic nitrogens is 2. The van der Waals surface area contributed by atoms with Gasteiger partial charge in [-0.3, -0.25) is 0 Å². The number of fused-ring (bicyclic) bond motifs is 1. The number of anilines is 2. The molecule has 3 aromatic rings. The molecule has 5 heteroatoms. The molecule has 0 aliphatic carbocycles. The minimum absolute atomic E-state index is 0.754. The second-order valence-electron chi connectivity index (χ2n) is 5.10. The van der Waals surface area contributed by atoms with Crippen molar-refractivity contribution in [2.75, 3.05) is 12.4 Å². The summed E-state index contributed by atoms with van der Waals surface area (Å²) in [4.78, 5) is 8.71. The second-order valence-corrected chi connectivity index (χ2v) is 5.95. The van der Waals surface area contributed by atoms with Crippen molar-refractivity contribution in [1.82, 2.24) is 9.97 Å². The summed E-state index contributed by atoms with van der Waals surface area (Å²) in [5.41, 5.74) is 4.34. The molecule has 0 atom stereocenters. The SMILES string of the molecule is COc1cc2ncnc(Nc3cccc(C)c3C)c2cc1Br. The lowest BCUT2D eigenvalue weighted by Crippen LogP contribution is -1.99. The smallest absolute Gasteiger partial charge is 0.141 e. The fourth-order valence-corrected chi connectivity index (χ4v) is 2.83. The van der Waals surface area contributed by atoms with Gasteiger partial charge in [0.15, 0.2) is 0 Å². The number of benzene rings is 2. The van der Waals surface area contributed by atoms with Gasteiger partial charge in [0.1, 0.15) is 17.9 Å². The predicted octanol–water partition coefficient (Wildman–Crippen LogP) is 4.76. The van der Waals surface area contributed by atoms with E-state index in [-0.39, 0.29) is 0 Å². The van der Waals surface area contributed by atoms with Crippen molar-refractivity contribution in [2.45, 2.75) is 13.8 Å². The Hall–Kier alpha value is -2.14. The normalized spacial score (nSPS) is 10.7. The number of rotatable bonds is 3. The third-order valence-corrected chi connectivity index (χ3v) is 4.39. The Bertz CT molecular complexity index is 849. The van der Waals surface area contributed by atoms with Gasteiger partial charge in [-0.15, -0.1) is 0 Å². The van der Waals surface area contributed by atoms with Gasteiger partial charge in [0, 0.05) is 17.1 Å². The summed E-state index contributed by atoms with van der Waals surface area (Å²) < 4.78 is 6.19. The molecule has 0 unspecified atom stereocenters. The van der Waals surface area contributed by atoms with E-state index in [4.69, 9.17) is 4.74 Å².